The van der Waals surface area contributed by atoms with Crippen molar-refractivity contribution in [1.82, 2.24) is 5.32 Å². The Bertz CT molecular complexity index is 354. The maximum absolute atomic E-state index is 9.02. The number of ether oxygens (including phenoxy) is 1. The van der Waals surface area contributed by atoms with Crippen LogP contribution in [0.1, 0.15) is 45.2 Å². The monoisotopic (exact) mass is 265 g/mol. The standard InChI is InChI=1S/C16H27NO2/c1-4-14(10-11-18)12-17-13(3)15-8-6-7-9-16(15)19-5-2/h6-9,13-14,17-18H,4-5,10-12H2,1-3H3. The number of hydrogen-bond acceptors (Lipinski definition) is 3. The molecule has 2 N–H and O–H groups in total. The predicted molar refractivity (Wildman–Crippen MR) is 79.5 cm³/mol. The molecule has 0 bridgehead atoms. The van der Waals surface area contributed by atoms with Crippen molar-refractivity contribution in [2.75, 3.05) is 19.8 Å². The molecule has 0 heterocycles. The van der Waals surface area contributed by atoms with Crippen LogP contribution in [0.5, 0.6) is 5.75 Å². The maximum atomic E-state index is 9.02. The lowest BCUT2D eigenvalue weighted by Gasteiger charge is -2.21. The van der Waals surface area contributed by atoms with E-state index in [9.17, 15) is 0 Å². The third kappa shape index (κ3) is 5.21. The first-order valence-corrected chi connectivity index (χ1v) is 7.28. The number of benzene rings is 1. The molecule has 108 valence electrons. The molecule has 19 heavy (non-hydrogen) atoms. The summed E-state index contributed by atoms with van der Waals surface area (Å²) in [6.45, 7) is 8.21. The van der Waals surface area contributed by atoms with Gasteiger partial charge >= 0.3 is 0 Å². The van der Waals surface area contributed by atoms with Crippen LogP contribution < -0.4 is 10.1 Å². The lowest BCUT2D eigenvalue weighted by Crippen LogP contribution is -2.26. The number of para-hydroxylation sites is 1. The van der Waals surface area contributed by atoms with E-state index in [-0.39, 0.29) is 12.6 Å². The van der Waals surface area contributed by atoms with Gasteiger partial charge in [-0.3, -0.25) is 0 Å². The summed E-state index contributed by atoms with van der Waals surface area (Å²) < 4.78 is 5.66. The van der Waals surface area contributed by atoms with Gasteiger partial charge in [0.2, 0.25) is 0 Å². The molecule has 1 aromatic carbocycles. The summed E-state index contributed by atoms with van der Waals surface area (Å²) in [5.41, 5.74) is 1.20. The molecule has 0 aliphatic rings. The zero-order valence-corrected chi connectivity index (χ0v) is 12.4. The molecule has 0 spiro atoms. The zero-order chi connectivity index (χ0) is 14.1. The molecule has 3 heteroatoms. The first-order valence-electron chi connectivity index (χ1n) is 7.28. The van der Waals surface area contributed by atoms with E-state index in [0.717, 1.165) is 25.1 Å². The quantitative estimate of drug-likeness (QED) is 0.720. The van der Waals surface area contributed by atoms with E-state index >= 15 is 0 Å². The minimum atomic E-state index is 0.260. The van der Waals surface area contributed by atoms with E-state index in [1.165, 1.54) is 5.56 Å². The van der Waals surface area contributed by atoms with Crippen molar-refractivity contribution < 1.29 is 9.84 Å². The van der Waals surface area contributed by atoms with Crippen molar-refractivity contribution in [1.29, 1.82) is 0 Å². The van der Waals surface area contributed by atoms with Crippen LogP contribution in [0.4, 0.5) is 0 Å². The minimum Gasteiger partial charge on any atom is -0.494 e. The van der Waals surface area contributed by atoms with Crippen molar-refractivity contribution in [3.8, 4) is 5.75 Å². The van der Waals surface area contributed by atoms with Crippen LogP contribution in [-0.2, 0) is 0 Å². The molecule has 0 aromatic heterocycles. The van der Waals surface area contributed by atoms with Crippen LogP contribution in [0, 0.1) is 5.92 Å². The van der Waals surface area contributed by atoms with Crippen LogP contribution in [0.15, 0.2) is 24.3 Å². The van der Waals surface area contributed by atoms with Gasteiger partial charge in [-0.1, -0.05) is 31.5 Å². The molecule has 1 rings (SSSR count). The Morgan fingerprint density at radius 3 is 2.63 bits per heavy atom. The molecule has 0 fully saturated rings. The molecule has 2 unspecified atom stereocenters. The van der Waals surface area contributed by atoms with Crippen molar-refractivity contribution in [3.05, 3.63) is 29.8 Å². The van der Waals surface area contributed by atoms with E-state index in [1.807, 2.05) is 25.1 Å². The van der Waals surface area contributed by atoms with Crippen LogP contribution in [0.25, 0.3) is 0 Å². The fraction of sp³-hybridized carbons (Fsp3) is 0.625. The number of hydrogen-bond donors (Lipinski definition) is 2. The second kappa shape index (κ2) is 8.94. The highest BCUT2D eigenvalue weighted by Crippen LogP contribution is 2.25. The first-order chi connectivity index (χ1) is 9.22. The molecular weight excluding hydrogens is 238 g/mol. The second-order valence-corrected chi connectivity index (χ2v) is 4.89. The average molecular weight is 265 g/mol. The van der Waals surface area contributed by atoms with E-state index < -0.39 is 0 Å². The second-order valence-electron chi connectivity index (χ2n) is 4.89. The van der Waals surface area contributed by atoms with Gasteiger partial charge < -0.3 is 15.2 Å². The Balaban J connectivity index is 2.59. The molecular formula is C16H27NO2. The fourth-order valence-corrected chi connectivity index (χ4v) is 2.21. The highest BCUT2D eigenvalue weighted by Gasteiger charge is 2.12. The molecule has 0 amide bonds. The number of aliphatic hydroxyl groups excluding tert-OH is 1. The van der Waals surface area contributed by atoms with Crippen LogP contribution in [0.3, 0.4) is 0 Å². The van der Waals surface area contributed by atoms with Gasteiger partial charge in [-0.15, -0.1) is 0 Å². The predicted octanol–water partition coefficient (Wildman–Crippen LogP) is 3.14. The first kappa shape index (κ1) is 16.0. The number of rotatable bonds is 9. The Kier molecular flexibility index (Phi) is 7.53. The van der Waals surface area contributed by atoms with Gasteiger partial charge in [0.05, 0.1) is 6.61 Å². The van der Waals surface area contributed by atoms with Crippen LogP contribution in [0.2, 0.25) is 0 Å². The highest BCUT2D eigenvalue weighted by molar-refractivity contribution is 5.35. The molecule has 0 saturated heterocycles. The summed E-state index contributed by atoms with van der Waals surface area (Å²) >= 11 is 0. The van der Waals surface area contributed by atoms with Gasteiger partial charge in [-0.2, -0.15) is 0 Å². The van der Waals surface area contributed by atoms with Crippen LogP contribution in [-0.4, -0.2) is 24.9 Å². The van der Waals surface area contributed by atoms with Gasteiger partial charge in [0, 0.05) is 18.2 Å². The summed E-state index contributed by atoms with van der Waals surface area (Å²) in [7, 11) is 0. The van der Waals surface area contributed by atoms with E-state index in [0.29, 0.717) is 12.5 Å². The highest BCUT2D eigenvalue weighted by atomic mass is 16.5. The molecule has 3 nitrogen and oxygen atoms in total. The van der Waals surface area contributed by atoms with E-state index in [1.54, 1.807) is 0 Å². The third-order valence-electron chi connectivity index (χ3n) is 3.51. The van der Waals surface area contributed by atoms with Gasteiger partial charge in [-0.05, 0) is 38.8 Å². The Hall–Kier alpha value is -1.06. The van der Waals surface area contributed by atoms with Crippen molar-refractivity contribution >= 4 is 0 Å². The third-order valence-corrected chi connectivity index (χ3v) is 3.51. The Morgan fingerprint density at radius 2 is 2.00 bits per heavy atom. The normalized spacial score (nSPS) is 14.1. The topological polar surface area (TPSA) is 41.5 Å². The largest absolute Gasteiger partial charge is 0.494 e. The smallest absolute Gasteiger partial charge is 0.124 e. The molecule has 0 radical (unpaired) electrons. The Labute approximate surface area is 117 Å². The lowest BCUT2D eigenvalue weighted by molar-refractivity contribution is 0.248. The maximum Gasteiger partial charge on any atom is 0.124 e. The Morgan fingerprint density at radius 1 is 1.26 bits per heavy atom. The number of aliphatic hydroxyl groups is 1. The summed E-state index contributed by atoms with van der Waals surface area (Å²) in [4.78, 5) is 0. The van der Waals surface area contributed by atoms with Crippen molar-refractivity contribution in [3.63, 3.8) is 0 Å². The number of nitrogens with one attached hydrogen (secondary N) is 1. The molecule has 2 atom stereocenters. The zero-order valence-electron chi connectivity index (χ0n) is 12.4. The molecule has 0 aliphatic carbocycles. The minimum absolute atomic E-state index is 0.260. The fourth-order valence-electron chi connectivity index (χ4n) is 2.21. The molecule has 0 saturated carbocycles. The van der Waals surface area contributed by atoms with Crippen molar-refractivity contribution in [2.24, 2.45) is 5.92 Å². The van der Waals surface area contributed by atoms with Gasteiger partial charge in [0.1, 0.15) is 5.75 Å². The summed E-state index contributed by atoms with van der Waals surface area (Å²) in [5, 5.41) is 12.6. The summed E-state index contributed by atoms with van der Waals surface area (Å²) in [6, 6.07) is 8.43. The molecule has 0 aliphatic heterocycles. The average Bonchev–Trinajstić information content (AvgIpc) is 2.44. The molecule has 1 aromatic rings. The van der Waals surface area contributed by atoms with E-state index in [4.69, 9.17) is 9.84 Å². The van der Waals surface area contributed by atoms with E-state index in [2.05, 4.69) is 25.2 Å². The summed E-state index contributed by atoms with van der Waals surface area (Å²) in [5.74, 6) is 1.49. The van der Waals surface area contributed by atoms with Crippen molar-refractivity contribution in [2.45, 2.75) is 39.7 Å². The van der Waals surface area contributed by atoms with Gasteiger partial charge in [-0.25, -0.2) is 0 Å². The summed E-state index contributed by atoms with van der Waals surface area (Å²) in [6.07, 6.45) is 1.96. The van der Waals surface area contributed by atoms with Gasteiger partial charge in [0.25, 0.3) is 0 Å². The lowest BCUT2D eigenvalue weighted by atomic mass is 10.0. The van der Waals surface area contributed by atoms with Crippen LogP contribution >= 0.6 is 0 Å². The SMILES string of the molecule is CCOc1ccccc1C(C)NCC(CC)CCO. The van der Waals surface area contributed by atoms with Gasteiger partial charge in [0.15, 0.2) is 0 Å².